The Hall–Kier alpha value is -2.40. The van der Waals surface area contributed by atoms with Crippen LogP contribution in [0.1, 0.15) is 5.56 Å². The van der Waals surface area contributed by atoms with Gasteiger partial charge in [-0.1, -0.05) is 11.6 Å². The highest BCUT2D eigenvalue weighted by molar-refractivity contribution is 6.31. The van der Waals surface area contributed by atoms with Gasteiger partial charge in [0.15, 0.2) is 0 Å². The third kappa shape index (κ3) is 5.38. The van der Waals surface area contributed by atoms with Crippen molar-refractivity contribution in [3.05, 3.63) is 53.1 Å². The molecule has 0 spiro atoms. The molecule has 2 rings (SSSR count). The molecule has 2 amide bonds. The van der Waals surface area contributed by atoms with Gasteiger partial charge in [0.25, 0.3) is 0 Å². The average molecular weight is 335 g/mol. The molecule has 0 bridgehead atoms. The molecule has 2 aromatic carbocycles. The number of aryl methyl sites for hydroxylation is 1. The summed E-state index contributed by atoms with van der Waals surface area (Å²) in [7, 11) is 1.59. The highest BCUT2D eigenvalue weighted by atomic mass is 35.5. The molecule has 122 valence electrons. The van der Waals surface area contributed by atoms with Crippen molar-refractivity contribution in [3.63, 3.8) is 0 Å². The summed E-state index contributed by atoms with van der Waals surface area (Å²) in [6.07, 6.45) is 0. The fourth-order valence-corrected chi connectivity index (χ4v) is 2.01. The number of benzene rings is 2. The maximum atomic E-state index is 11.8. The number of hydrogen-bond donors (Lipinski definition) is 2. The van der Waals surface area contributed by atoms with Crippen molar-refractivity contribution in [2.45, 2.75) is 6.92 Å². The molecule has 0 unspecified atom stereocenters. The van der Waals surface area contributed by atoms with Gasteiger partial charge in [-0.3, -0.25) is 0 Å². The van der Waals surface area contributed by atoms with Gasteiger partial charge in [-0.15, -0.1) is 0 Å². The quantitative estimate of drug-likeness (QED) is 0.789. The first-order valence-electron chi connectivity index (χ1n) is 7.16. The molecule has 23 heavy (non-hydrogen) atoms. The Labute approximate surface area is 140 Å². The minimum atomic E-state index is -0.286. The molecule has 0 fully saturated rings. The summed E-state index contributed by atoms with van der Waals surface area (Å²) in [5.74, 6) is 1.46. The summed E-state index contributed by atoms with van der Waals surface area (Å²) < 4.78 is 10.6. The number of carbonyl (C=O) groups excluding carboxylic acids is 1. The van der Waals surface area contributed by atoms with Gasteiger partial charge in [0, 0.05) is 10.7 Å². The summed E-state index contributed by atoms with van der Waals surface area (Å²) >= 11 is 5.95. The minimum absolute atomic E-state index is 0.286. The van der Waals surface area contributed by atoms with Gasteiger partial charge in [0.05, 0.1) is 13.7 Å². The van der Waals surface area contributed by atoms with Crippen LogP contribution >= 0.6 is 11.6 Å². The van der Waals surface area contributed by atoms with Crippen molar-refractivity contribution in [2.24, 2.45) is 0 Å². The molecule has 0 saturated heterocycles. The van der Waals surface area contributed by atoms with Crippen LogP contribution in [-0.4, -0.2) is 26.3 Å². The normalized spacial score (nSPS) is 10.0. The summed E-state index contributed by atoms with van der Waals surface area (Å²) in [5.41, 5.74) is 1.65. The van der Waals surface area contributed by atoms with Crippen LogP contribution in [0.15, 0.2) is 42.5 Å². The minimum Gasteiger partial charge on any atom is -0.497 e. The van der Waals surface area contributed by atoms with Crippen molar-refractivity contribution >= 4 is 23.3 Å². The van der Waals surface area contributed by atoms with E-state index in [9.17, 15) is 4.79 Å². The van der Waals surface area contributed by atoms with Crippen LogP contribution in [0.5, 0.6) is 11.5 Å². The van der Waals surface area contributed by atoms with Crippen LogP contribution in [0.4, 0.5) is 10.5 Å². The smallest absolute Gasteiger partial charge is 0.319 e. The molecule has 2 N–H and O–H groups in total. The number of amides is 2. The van der Waals surface area contributed by atoms with Gasteiger partial charge in [0.2, 0.25) is 0 Å². The lowest BCUT2D eigenvalue weighted by molar-refractivity contribution is 0.247. The van der Waals surface area contributed by atoms with Crippen LogP contribution in [-0.2, 0) is 0 Å². The van der Waals surface area contributed by atoms with E-state index in [1.54, 1.807) is 43.5 Å². The van der Waals surface area contributed by atoms with Crippen molar-refractivity contribution in [2.75, 3.05) is 25.6 Å². The van der Waals surface area contributed by atoms with E-state index in [2.05, 4.69) is 10.6 Å². The number of rotatable bonds is 6. The van der Waals surface area contributed by atoms with Crippen molar-refractivity contribution < 1.29 is 14.3 Å². The third-order valence-corrected chi connectivity index (χ3v) is 3.56. The second-order valence-corrected chi connectivity index (χ2v) is 5.28. The molecule has 0 aliphatic rings. The van der Waals surface area contributed by atoms with Crippen molar-refractivity contribution in [1.82, 2.24) is 5.32 Å². The molecule has 6 heteroatoms. The van der Waals surface area contributed by atoms with Gasteiger partial charge in [-0.05, 0) is 55.0 Å². The Morgan fingerprint density at radius 3 is 2.48 bits per heavy atom. The molecular formula is C17H19ClN2O3. The Balaban J connectivity index is 1.70. The predicted octanol–water partition coefficient (Wildman–Crippen LogP) is 3.86. The van der Waals surface area contributed by atoms with E-state index in [1.807, 2.05) is 13.0 Å². The predicted molar refractivity (Wildman–Crippen MR) is 91.7 cm³/mol. The van der Waals surface area contributed by atoms with Gasteiger partial charge in [-0.2, -0.15) is 0 Å². The highest BCUT2D eigenvalue weighted by Crippen LogP contribution is 2.20. The molecule has 0 heterocycles. The second kappa shape index (κ2) is 8.29. The SMILES string of the molecule is COc1ccc(NC(=O)NCCOc2ccc(Cl)c(C)c2)cc1. The van der Waals surface area contributed by atoms with Crippen LogP contribution < -0.4 is 20.1 Å². The van der Waals surface area contributed by atoms with Crippen LogP contribution in [0.2, 0.25) is 5.02 Å². The van der Waals surface area contributed by atoms with Crippen LogP contribution in [0, 0.1) is 6.92 Å². The molecule has 5 nitrogen and oxygen atoms in total. The lowest BCUT2D eigenvalue weighted by atomic mass is 10.2. The molecular weight excluding hydrogens is 316 g/mol. The zero-order chi connectivity index (χ0) is 16.7. The number of ether oxygens (including phenoxy) is 2. The Morgan fingerprint density at radius 1 is 1.13 bits per heavy atom. The monoisotopic (exact) mass is 334 g/mol. The number of halogens is 1. The van der Waals surface area contributed by atoms with Crippen molar-refractivity contribution in [3.8, 4) is 11.5 Å². The third-order valence-electron chi connectivity index (χ3n) is 3.13. The van der Waals surface area contributed by atoms with Crippen molar-refractivity contribution in [1.29, 1.82) is 0 Å². The van der Waals surface area contributed by atoms with E-state index in [-0.39, 0.29) is 6.03 Å². The van der Waals surface area contributed by atoms with Crippen LogP contribution in [0.25, 0.3) is 0 Å². The second-order valence-electron chi connectivity index (χ2n) is 4.87. The van der Waals surface area contributed by atoms with E-state index >= 15 is 0 Å². The lowest BCUT2D eigenvalue weighted by Gasteiger charge is -2.10. The largest absolute Gasteiger partial charge is 0.497 e. The fourth-order valence-electron chi connectivity index (χ4n) is 1.89. The van der Waals surface area contributed by atoms with E-state index in [4.69, 9.17) is 21.1 Å². The first-order valence-corrected chi connectivity index (χ1v) is 7.54. The standard InChI is InChI=1S/C17H19ClN2O3/c1-12-11-15(7-8-16(12)18)23-10-9-19-17(21)20-13-3-5-14(22-2)6-4-13/h3-8,11H,9-10H2,1-2H3,(H2,19,20,21). The summed E-state index contributed by atoms with van der Waals surface area (Å²) in [6, 6.07) is 12.3. The Morgan fingerprint density at radius 2 is 1.83 bits per heavy atom. The van der Waals surface area contributed by atoms with E-state index in [1.165, 1.54) is 0 Å². The van der Waals surface area contributed by atoms with E-state index < -0.39 is 0 Å². The first kappa shape index (κ1) is 17.0. The number of anilines is 1. The number of urea groups is 1. The van der Waals surface area contributed by atoms with E-state index in [0.717, 1.165) is 17.1 Å². The van der Waals surface area contributed by atoms with Gasteiger partial charge in [0.1, 0.15) is 18.1 Å². The zero-order valence-electron chi connectivity index (χ0n) is 13.1. The molecule has 0 aliphatic carbocycles. The molecule has 0 aromatic heterocycles. The zero-order valence-corrected chi connectivity index (χ0v) is 13.8. The number of methoxy groups -OCH3 is 1. The highest BCUT2D eigenvalue weighted by Gasteiger charge is 2.02. The maximum absolute atomic E-state index is 11.8. The summed E-state index contributed by atoms with van der Waals surface area (Å²) in [5, 5.41) is 6.16. The first-order chi connectivity index (χ1) is 11.1. The maximum Gasteiger partial charge on any atom is 0.319 e. The average Bonchev–Trinajstić information content (AvgIpc) is 2.55. The topological polar surface area (TPSA) is 59.6 Å². The summed E-state index contributed by atoms with van der Waals surface area (Å²) in [6.45, 7) is 2.68. The van der Waals surface area contributed by atoms with Gasteiger partial charge >= 0.3 is 6.03 Å². The van der Waals surface area contributed by atoms with E-state index in [0.29, 0.717) is 23.9 Å². The van der Waals surface area contributed by atoms with Crippen LogP contribution in [0.3, 0.4) is 0 Å². The molecule has 0 radical (unpaired) electrons. The lowest BCUT2D eigenvalue weighted by Crippen LogP contribution is -2.32. The van der Waals surface area contributed by atoms with Gasteiger partial charge < -0.3 is 20.1 Å². The summed E-state index contributed by atoms with van der Waals surface area (Å²) in [4.78, 5) is 11.8. The molecule has 0 aliphatic heterocycles. The molecule has 0 saturated carbocycles. The molecule has 2 aromatic rings. The Kier molecular flexibility index (Phi) is 6.11. The Bertz CT molecular complexity index is 659. The number of carbonyl (C=O) groups is 1. The number of nitrogens with one attached hydrogen (secondary N) is 2. The number of hydrogen-bond acceptors (Lipinski definition) is 3. The molecule has 0 atom stereocenters. The van der Waals surface area contributed by atoms with Gasteiger partial charge in [-0.25, -0.2) is 4.79 Å². The fraction of sp³-hybridized carbons (Fsp3) is 0.235.